The summed E-state index contributed by atoms with van der Waals surface area (Å²) in [4.78, 5) is 20.8. The average molecular weight is 536 g/mol. The van der Waals surface area contributed by atoms with Gasteiger partial charge in [-0.25, -0.2) is 31.9 Å². The number of carbonyl (C=O) groups is 1. The molecule has 0 bridgehead atoms. The summed E-state index contributed by atoms with van der Waals surface area (Å²) in [6, 6.07) is 5.64. The van der Waals surface area contributed by atoms with Gasteiger partial charge in [0.05, 0.1) is 43.0 Å². The molecule has 0 saturated carbocycles. The number of anilines is 1. The molecule has 0 amide bonds. The van der Waals surface area contributed by atoms with Crippen LogP contribution >= 0.6 is 0 Å². The minimum atomic E-state index is -3.64. The Hall–Kier alpha value is -3.31. The number of ether oxygens (including phenoxy) is 2. The lowest BCUT2D eigenvalue weighted by Gasteiger charge is -2.20. The van der Waals surface area contributed by atoms with E-state index in [4.69, 9.17) is 9.47 Å². The molecule has 0 saturated heterocycles. The molecule has 1 aromatic carbocycles. The van der Waals surface area contributed by atoms with Crippen LogP contribution in [0.3, 0.4) is 0 Å². The fourth-order valence-electron chi connectivity index (χ4n) is 3.34. The summed E-state index contributed by atoms with van der Waals surface area (Å²) in [5.41, 5.74) is 1.99. The Morgan fingerprint density at radius 1 is 1.14 bits per heavy atom. The van der Waals surface area contributed by atoms with Crippen molar-refractivity contribution in [2.45, 2.75) is 46.1 Å². The molecular weight excluding hydrogens is 501 g/mol. The molecule has 1 heterocycles. The highest BCUT2D eigenvalue weighted by Crippen LogP contribution is 2.31. The maximum Gasteiger partial charge on any atom is 0.334 e. The Morgan fingerprint density at radius 3 is 2.30 bits per heavy atom. The van der Waals surface area contributed by atoms with Gasteiger partial charge >= 0.3 is 5.97 Å². The van der Waals surface area contributed by atoms with Crippen LogP contribution in [0.25, 0.3) is 17.3 Å². The van der Waals surface area contributed by atoms with E-state index in [0.717, 1.165) is 10.6 Å². The van der Waals surface area contributed by atoms with Crippen molar-refractivity contribution in [3.63, 3.8) is 0 Å². The van der Waals surface area contributed by atoms with Gasteiger partial charge in [-0.3, -0.25) is 0 Å². The zero-order valence-corrected chi connectivity index (χ0v) is 22.8. The number of esters is 1. The minimum absolute atomic E-state index is 0.0157. The molecule has 9 nitrogen and oxygen atoms in total. The van der Waals surface area contributed by atoms with Gasteiger partial charge in [-0.1, -0.05) is 26.0 Å². The molecule has 37 heavy (non-hydrogen) atoms. The number of aromatic nitrogens is 2. The van der Waals surface area contributed by atoms with E-state index < -0.39 is 27.9 Å². The van der Waals surface area contributed by atoms with E-state index in [0.29, 0.717) is 29.1 Å². The fraction of sp³-hybridized carbons (Fsp3) is 0.423. The van der Waals surface area contributed by atoms with E-state index >= 15 is 0 Å². The van der Waals surface area contributed by atoms with Gasteiger partial charge in [-0.05, 0) is 44.0 Å². The molecule has 1 unspecified atom stereocenters. The van der Waals surface area contributed by atoms with Gasteiger partial charge in [-0.15, -0.1) is 0 Å². The van der Waals surface area contributed by atoms with Gasteiger partial charge in [0.1, 0.15) is 11.6 Å². The van der Waals surface area contributed by atoms with E-state index in [9.17, 15) is 22.7 Å². The summed E-state index contributed by atoms with van der Waals surface area (Å²) in [5, 5.41) is 10.7. The van der Waals surface area contributed by atoms with Crippen LogP contribution in [0.5, 0.6) is 0 Å². The van der Waals surface area contributed by atoms with Crippen LogP contribution in [0.2, 0.25) is 0 Å². The third-order valence-electron chi connectivity index (χ3n) is 5.20. The van der Waals surface area contributed by atoms with Crippen LogP contribution in [0.15, 0.2) is 42.2 Å². The predicted octanol–water partition coefficient (Wildman–Crippen LogP) is 4.05. The standard InChI is InChI=1S/C26H34FN3O6S/c1-7-35-21(16-23(32)36-8-2)15-20(31)13-14-22-24(17(3)4)28-26(30(5)37(6,33)34)29-25(22)18-9-11-19(27)12-10-18/h9-14,16-17,20,31H,7-8,15H2,1-6H3. The number of carbonyl (C=O) groups excluding carboxylic acids is 1. The summed E-state index contributed by atoms with van der Waals surface area (Å²) >= 11 is 0. The Bertz CT molecular complexity index is 1240. The second-order valence-electron chi connectivity index (χ2n) is 8.49. The van der Waals surface area contributed by atoms with Crippen molar-refractivity contribution >= 4 is 28.0 Å². The van der Waals surface area contributed by atoms with Crippen molar-refractivity contribution in [1.82, 2.24) is 9.97 Å². The molecular formula is C26H34FN3O6S. The van der Waals surface area contributed by atoms with Crippen LogP contribution in [0.4, 0.5) is 10.3 Å². The smallest absolute Gasteiger partial charge is 0.334 e. The van der Waals surface area contributed by atoms with Gasteiger partial charge in [-0.2, -0.15) is 0 Å². The predicted molar refractivity (Wildman–Crippen MR) is 141 cm³/mol. The van der Waals surface area contributed by atoms with E-state index in [1.807, 2.05) is 13.8 Å². The third kappa shape index (κ3) is 8.64. The molecule has 1 aromatic heterocycles. The first-order valence-corrected chi connectivity index (χ1v) is 13.7. The van der Waals surface area contributed by atoms with Crippen molar-refractivity contribution in [1.29, 1.82) is 0 Å². The molecule has 2 rings (SSSR count). The maximum absolute atomic E-state index is 13.6. The number of aliphatic hydroxyl groups is 1. The SMILES string of the molecule is CCOC(=O)C=C(CC(O)C=Cc1c(-c2ccc(F)cc2)nc(N(C)S(C)(=O)=O)nc1C(C)C)OCC. The second kappa shape index (κ2) is 13.3. The number of benzene rings is 1. The molecule has 1 atom stereocenters. The summed E-state index contributed by atoms with van der Waals surface area (Å²) in [7, 11) is -2.29. The largest absolute Gasteiger partial charge is 0.498 e. The van der Waals surface area contributed by atoms with Crippen LogP contribution in [-0.4, -0.2) is 62.1 Å². The minimum Gasteiger partial charge on any atom is -0.498 e. The first-order valence-electron chi connectivity index (χ1n) is 11.8. The highest BCUT2D eigenvalue weighted by molar-refractivity contribution is 7.92. The first-order chi connectivity index (χ1) is 17.4. The van der Waals surface area contributed by atoms with Crippen molar-refractivity contribution in [3.8, 4) is 11.3 Å². The average Bonchev–Trinajstić information content (AvgIpc) is 2.82. The lowest BCUT2D eigenvalue weighted by molar-refractivity contribution is -0.137. The van der Waals surface area contributed by atoms with Crippen molar-refractivity contribution in [3.05, 3.63) is 59.3 Å². The van der Waals surface area contributed by atoms with Crippen LogP contribution in [-0.2, 0) is 24.3 Å². The lowest BCUT2D eigenvalue weighted by Crippen LogP contribution is -2.27. The Morgan fingerprint density at radius 2 is 1.76 bits per heavy atom. The quantitative estimate of drug-likeness (QED) is 0.246. The number of hydrogen-bond acceptors (Lipinski definition) is 8. The van der Waals surface area contributed by atoms with Crippen LogP contribution in [0, 0.1) is 5.82 Å². The normalized spacial score (nSPS) is 13.2. The van der Waals surface area contributed by atoms with Gasteiger partial charge in [0.2, 0.25) is 16.0 Å². The van der Waals surface area contributed by atoms with E-state index in [1.165, 1.54) is 43.5 Å². The molecule has 11 heteroatoms. The van der Waals surface area contributed by atoms with Gasteiger partial charge in [0, 0.05) is 24.6 Å². The number of hydrogen-bond donors (Lipinski definition) is 1. The third-order valence-corrected chi connectivity index (χ3v) is 6.36. The summed E-state index contributed by atoms with van der Waals surface area (Å²) in [6.45, 7) is 7.75. The topological polar surface area (TPSA) is 119 Å². The molecule has 0 aliphatic rings. The van der Waals surface area contributed by atoms with Crippen molar-refractivity contribution < 1.29 is 32.2 Å². The van der Waals surface area contributed by atoms with Crippen molar-refractivity contribution in [2.75, 3.05) is 30.8 Å². The fourth-order valence-corrected chi connectivity index (χ4v) is 3.72. The highest BCUT2D eigenvalue weighted by atomic mass is 32.2. The molecule has 2 aromatic rings. The molecule has 1 N–H and O–H groups in total. The number of aliphatic hydroxyl groups excluding tert-OH is 1. The number of nitrogens with zero attached hydrogens (tertiary/aromatic N) is 3. The summed E-state index contributed by atoms with van der Waals surface area (Å²) in [6.07, 6.45) is 4.37. The maximum atomic E-state index is 13.6. The first kappa shape index (κ1) is 29.9. The van der Waals surface area contributed by atoms with E-state index in [2.05, 4.69) is 9.97 Å². The van der Waals surface area contributed by atoms with E-state index in [1.54, 1.807) is 19.9 Å². The Kier molecular flexibility index (Phi) is 10.8. The Labute approximate surface area is 217 Å². The molecule has 0 fully saturated rings. The Balaban J connectivity index is 2.58. The summed E-state index contributed by atoms with van der Waals surface area (Å²) in [5.74, 6) is -0.906. The highest BCUT2D eigenvalue weighted by Gasteiger charge is 2.22. The summed E-state index contributed by atoms with van der Waals surface area (Å²) < 4.78 is 49.3. The number of halogens is 1. The van der Waals surface area contributed by atoms with Crippen LogP contribution in [0.1, 0.15) is 51.3 Å². The molecule has 0 aliphatic carbocycles. The monoisotopic (exact) mass is 535 g/mol. The lowest BCUT2D eigenvalue weighted by atomic mass is 9.97. The van der Waals surface area contributed by atoms with E-state index in [-0.39, 0.29) is 30.7 Å². The number of sulfonamides is 1. The number of rotatable bonds is 12. The van der Waals surface area contributed by atoms with Gasteiger partial charge < -0.3 is 14.6 Å². The zero-order chi connectivity index (χ0) is 27.8. The molecule has 202 valence electrons. The van der Waals surface area contributed by atoms with Gasteiger partial charge in [0.15, 0.2) is 0 Å². The van der Waals surface area contributed by atoms with Gasteiger partial charge in [0.25, 0.3) is 0 Å². The molecule has 0 spiro atoms. The second-order valence-corrected chi connectivity index (χ2v) is 10.5. The van der Waals surface area contributed by atoms with Crippen molar-refractivity contribution in [2.24, 2.45) is 0 Å². The molecule has 0 radical (unpaired) electrons. The molecule has 0 aliphatic heterocycles. The van der Waals surface area contributed by atoms with Crippen LogP contribution < -0.4 is 4.31 Å². The zero-order valence-electron chi connectivity index (χ0n) is 21.9.